The molecule has 1 rings (SSSR count). The molecule has 3 heteroatoms. The Balaban J connectivity index is 3.19. The molecule has 0 aliphatic rings. The van der Waals surface area contributed by atoms with E-state index in [0.29, 0.717) is 0 Å². The van der Waals surface area contributed by atoms with Gasteiger partial charge in [0.1, 0.15) is 5.82 Å². The van der Waals surface area contributed by atoms with Crippen LogP contribution in [0.15, 0.2) is 12.1 Å². The van der Waals surface area contributed by atoms with E-state index in [4.69, 9.17) is 0 Å². The van der Waals surface area contributed by atoms with Gasteiger partial charge in [-0.1, -0.05) is 20.8 Å². The maximum atomic E-state index is 4.68. The van der Waals surface area contributed by atoms with Crippen LogP contribution in [0.3, 0.4) is 0 Å². The molecule has 0 amide bonds. The summed E-state index contributed by atoms with van der Waals surface area (Å²) in [6, 6.07) is 4.31. The van der Waals surface area contributed by atoms with Gasteiger partial charge in [0.15, 0.2) is 0 Å². The lowest BCUT2D eigenvalue weighted by Crippen LogP contribution is -2.19. The quantitative estimate of drug-likeness (QED) is 0.848. The van der Waals surface area contributed by atoms with Crippen LogP contribution in [0.5, 0.6) is 0 Å². The van der Waals surface area contributed by atoms with E-state index in [9.17, 15) is 0 Å². The normalized spacial score (nSPS) is 11.6. The van der Waals surface area contributed by atoms with E-state index >= 15 is 0 Å². The number of anilines is 1. The van der Waals surface area contributed by atoms with Crippen molar-refractivity contribution in [1.29, 1.82) is 0 Å². The van der Waals surface area contributed by atoms with Gasteiger partial charge >= 0.3 is 0 Å². The molecule has 0 aliphatic heterocycles. The van der Waals surface area contributed by atoms with Gasteiger partial charge in [0.25, 0.3) is 0 Å². The molecule has 1 aromatic heterocycles. The molecule has 0 spiro atoms. The van der Waals surface area contributed by atoms with Crippen LogP contribution in [0.1, 0.15) is 32.0 Å². The standard InChI is InChI=1S/C13H23N3/c1-13(2,3)11-7-10(9-14-4)8-12(15-11)16(5)6/h7-8,14H,9H2,1-6H3. The van der Waals surface area contributed by atoms with Crippen molar-refractivity contribution in [2.75, 3.05) is 26.0 Å². The number of hydrogen-bond acceptors (Lipinski definition) is 3. The molecule has 90 valence electrons. The summed E-state index contributed by atoms with van der Waals surface area (Å²) in [5.74, 6) is 1.03. The fourth-order valence-electron chi connectivity index (χ4n) is 1.49. The first-order valence-corrected chi connectivity index (χ1v) is 5.68. The monoisotopic (exact) mass is 221 g/mol. The van der Waals surface area contributed by atoms with Crippen LogP contribution in [-0.4, -0.2) is 26.1 Å². The fourth-order valence-corrected chi connectivity index (χ4v) is 1.49. The molecule has 0 radical (unpaired) electrons. The zero-order chi connectivity index (χ0) is 12.3. The van der Waals surface area contributed by atoms with E-state index in [0.717, 1.165) is 18.1 Å². The molecular weight excluding hydrogens is 198 g/mol. The molecule has 0 unspecified atom stereocenters. The minimum atomic E-state index is 0.0918. The lowest BCUT2D eigenvalue weighted by Gasteiger charge is -2.22. The number of rotatable bonds is 3. The largest absolute Gasteiger partial charge is 0.363 e. The van der Waals surface area contributed by atoms with Crippen molar-refractivity contribution < 1.29 is 0 Å². The van der Waals surface area contributed by atoms with Crippen molar-refractivity contribution in [2.24, 2.45) is 0 Å². The SMILES string of the molecule is CNCc1cc(N(C)C)nc(C(C)(C)C)c1. The Bertz CT molecular complexity index is 351. The molecule has 3 nitrogen and oxygen atoms in total. The number of aromatic nitrogens is 1. The third kappa shape index (κ3) is 3.20. The van der Waals surface area contributed by atoms with E-state index in [1.54, 1.807) is 0 Å². The summed E-state index contributed by atoms with van der Waals surface area (Å²) in [4.78, 5) is 6.73. The van der Waals surface area contributed by atoms with E-state index in [2.05, 4.69) is 48.1 Å². The molecule has 0 fully saturated rings. The van der Waals surface area contributed by atoms with Gasteiger partial charge in [0, 0.05) is 31.7 Å². The Morgan fingerprint density at radius 3 is 2.31 bits per heavy atom. The van der Waals surface area contributed by atoms with Crippen LogP contribution in [0.2, 0.25) is 0 Å². The molecule has 0 saturated carbocycles. The van der Waals surface area contributed by atoms with Gasteiger partial charge in [0.05, 0.1) is 0 Å². The summed E-state index contributed by atoms with van der Waals surface area (Å²) in [6.45, 7) is 7.46. The van der Waals surface area contributed by atoms with Crippen molar-refractivity contribution in [3.05, 3.63) is 23.4 Å². The highest BCUT2D eigenvalue weighted by atomic mass is 15.1. The molecule has 1 heterocycles. The second kappa shape index (κ2) is 4.83. The van der Waals surface area contributed by atoms with Crippen molar-refractivity contribution >= 4 is 5.82 Å². The highest BCUT2D eigenvalue weighted by molar-refractivity contribution is 5.42. The molecule has 0 aliphatic carbocycles. The van der Waals surface area contributed by atoms with Crippen LogP contribution >= 0.6 is 0 Å². The van der Waals surface area contributed by atoms with Gasteiger partial charge in [-0.25, -0.2) is 4.98 Å². The summed E-state index contributed by atoms with van der Waals surface area (Å²) in [6.07, 6.45) is 0. The summed E-state index contributed by atoms with van der Waals surface area (Å²) in [5.41, 5.74) is 2.52. The molecule has 1 N–H and O–H groups in total. The Hall–Kier alpha value is -1.09. The Kier molecular flexibility index (Phi) is 3.92. The van der Waals surface area contributed by atoms with Gasteiger partial charge in [-0.3, -0.25) is 0 Å². The molecule has 16 heavy (non-hydrogen) atoms. The first kappa shape index (κ1) is 13.0. The molecule has 0 saturated heterocycles. The number of nitrogens with one attached hydrogen (secondary N) is 1. The van der Waals surface area contributed by atoms with Gasteiger partial charge in [0.2, 0.25) is 0 Å². The number of pyridine rings is 1. The third-order valence-electron chi connectivity index (χ3n) is 2.48. The van der Waals surface area contributed by atoms with Crippen molar-refractivity contribution in [1.82, 2.24) is 10.3 Å². The Morgan fingerprint density at radius 1 is 1.25 bits per heavy atom. The minimum Gasteiger partial charge on any atom is -0.363 e. The molecular formula is C13H23N3. The average molecular weight is 221 g/mol. The van der Waals surface area contributed by atoms with Crippen LogP contribution in [-0.2, 0) is 12.0 Å². The van der Waals surface area contributed by atoms with Crippen molar-refractivity contribution in [2.45, 2.75) is 32.7 Å². The Morgan fingerprint density at radius 2 is 1.88 bits per heavy atom. The summed E-state index contributed by atoms with van der Waals surface area (Å²) >= 11 is 0. The highest BCUT2D eigenvalue weighted by Crippen LogP contribution is 2.24. The van der Waals surface area contributed by atoms with Crippen molar-refractivity contribution in [3.63, 3.8) is 0 Å². The lowest BCUT2D eigenvalue weighted by molar-refractivity contribution is 0.567. The second-order valence-electron chi connectivity index (χ2n) is 5.39. The summed E-state index contributed by atoms with van der Waals surface area (Å²) in [7, 11) is 6.02. The first-order valence-electron chi connectivity index (χ1n) is 5.68. The van der Waals surface area contributed by atoms with Crippen LogP contribution in [0.25, 0.3) is 0 Å². The van der Waals surface area contributed by atoms with Gasteiger partial charge in [-0.15, -0.1) is 0 Å². The van der Waals surface area contributed by atoms with Crippen LogP contribution in [0.4, 0.5) is 5.82 Å². The minimum absolute atomic E-state index is 0.0918. The average Bonchev–Trinajstić information content (AvgIpc) is 2.16. The fraction of sp³-hybridized carbons (Fsp3) is 0.615. The predicted molar refractivity (Wildman–Crippen MR) is 70.0 cm³/mol. The predicted octanol–water partition coefficient (Wildman–Crippen LogP) is 2.16. The zero-order valence-electron chi connectivity index (χ0n) is 11.3. The Labute approximate surface area is 98.9 Å². The molecule has 0 atom stereocenters. The first-order chi connectivity index (χ1) is 7.34. The molecule has 0 aromatic carbocycles. The topological polar surface area (TPSA) is 28.2 Å². The smallest absolute Gasteiger partial charge is 0.128 e. The van der Waals surface area contributed by atoms with E-state index in [1.807, 2.05) is 21.1 Å². The zero-order valence-corrected chi connectivity index (χ0v) is 11.3. The van der Waals surface area contributed by atoms with Gasteiger partial charge in [-0.2, -0.15) is 0 Å². The maximum absolute atomic E-state index is 4.68. The highest BCUT2D eigenvalue weighted by Gasteiger charge is 2.17. The second-order valence-corrected chi connectivity index (χ2v) is 5.39. The molecule has 0 bridgehead atoms. The van der Waals surface area contributed by atoms with Gasteiger partial charge in [-0.05, 0) is 24.7 Å². The van der Waals surface area contributed by atoms with E-state index in [-0.39, 0.29) is 5.41 Å². The number of nitrogens with zero attached hydrogens (tertiary/aromatic N) is 2. The van der Waals surface area contributed by atoms with E-state index < -0.39 is 0 Å². The van der Waals surface area contributed by atoms with Crippen LogP contribution < -0.4 is 10.2 Å². The molecule has 1 aromatic rings. The summed E-state index contributed by atoms with van der Waals surface area (Å²) < 4.78 is 0. The maximum Gasteiger partial charge on any atom is 0.128 e. The summed E-state index contributed by atoms with van der Waals surface area (Å²) in [5, 5.41) is 3.18. The van der Waals surface area contributed by atoms with Crippen LogP contribution in [0, 0.1) is 0 Å². The lowest BCUT2D eigenvalue weighted by atomic mass is 9.90. The third-order valence-corrected chi connectivity index (χ3v) is 2.48. The van der Waals surface area contributed by atoms with Crippen molar-refractivity contribution in [3.8, 4) is 0 Å². The van der Waals surface area contributed by atoms with E-state index in [1.165, 1.54) is 5.56 Å². The number of hydrogen-bond donors (Lipinski definition) is 1. The van der Waals surface area contributed by atoms with Gasteiger partial charge < -0.3 is 10.2 Å².